The van der Waals surface area contributed by atoms with Crippen LogP contribution in [-0.4, -0.2) is 34.0 Å². The number of nitrogens with one attached hydrogen (secondary N) is 1. The Hall–Kier alpha value is -2.72. The van der Waals surface area contributed by atoms with Crippen molar-refractivity contribution in [3.05, 3.63) is 41.5 Å². The number of amides is 1. The summed E-state index contributed by atoms with van der Waals surface area (Å²) < 4.78 is 5.34. The van der Waals surface area contributed by atoms with E-state index in [9.17, 15) is 4.79 Å². The molecule has 1 saturated carbocycles. The quantitative estimate of drug-likeness (QED) is 0.890. The number of likely N-dealkylation sites (tertiary alicyclic amines) is 1. The van der Waals surface area contributed by atoms with Gasteiger partial charge in [0.05, 0.1) is 18.2 Å². The van der Waals surface area contributed by atoms with Crippen LogP contribution >= 0.6 is 0 Å². The van der Waals surface area contributed by atoms with E-state index in [0.717, 1.165) is 44.6 Å². The minimum absolute atomic E-state index is 0.0123. The van der Waals surface area contributed by atoms with Crippen molar-refractivity contribution in [2.75, 3.05) is 18.4 Å². The second-order valence-electron chi connectivity index (χ2n) is 7.05. The van der Waals surface area contributed by atoms with Gasteiger partial charge in [0.15, 0.2) is 5.82 Å². The van der Waals surface area contributed by atoms with Crippen molar-refractivity contribution in [3.63, 3.8) is 0 Å². The van der Waals surface area contributed by atoms with Gasteiger partial charge in [-0.3, -0.25) is 9.69 Å². The summed E-state index contributed by atoms with van der Waals surface area (Å²) in [6, 6.07) is 9.08. The molecule has 26 heavy (non-hydrogen) atoms. The van der Waals surface area contributed by atoms with Crippen molar-refractivity contribution in [2.45, 2.75) is 38.1 Å². The molecule has 1 saturated heterocycles. The van der Waals surface area contributed by atoms with E-state index < -0.39 is 0 Å². The molecule has 0 spiro atoms. The molecule has 2 heterocycles. The zero-order valence-corrected chi connectivity index (χ0v) is 14.5. The maximum atomic E-state index is 12.5. The zero-order valence-electron chi connectivity index (χ0n) is 14.5. The molecule has 1 aliphatic heterocycles. The number of carbonyl (C=O) groups excluding carboxylic acids is 1. The van der Waals surface area contributed by atoms with Crippen LogP contribution in [0.25, 0.3) is 0 Å². The molecule has 2 fully saturated rings. The Balaban J connectivity index is 1.27. The SMILES string of the molecule is N#Cc1cccc(NC(=O)C2CCN(Cc3nc(C4CC4)no3)CC2)c1. The molecular formula is C19H21N5O2. The fourth-order valence-corrected chi connectivity index (χ4v) is 3.29. The van der Waals surface area contributed by atoms with Crippen LogP contribution in [0.1, 0.15) is 48.9 Å². The molecule has 2 aromatic rings. The van der Waals surface area contributed by atoms with Gasteiger partial charge in [-0.1, -0.05) is 11.2 Å². The third kappa shape index (κ3) is 3.92. The van der Waals surface area contributed by atoms with Crippen LogP contribution in [0.2, 0.25) is 0 Å². The first-order valence-corrected chi connectivity index (χ1v) is 9.07. The second kappa shape index (κ2) is 7.26. The highest BCUT2D eigenvalue weighted by molar-refractivity contribution is 5.92. The van der Waals surface area contributed by atoms with E-state index in [4.69, 9.17) is 9.78 Å². The Labute approximate surface area is 152 Å². The lowest BCUT2D eigenvalue weighted by atomic mass is 9.96. The van der Waals surface area contributed by atoms with Crippen LogP contribution in [0, 0.1) is 17.2 Å². The van der Waals surface area contributed by atoms with Gasteiger partial charge in [-0.2, -0.15) is 10.2 Å². The lowest BCUT2D eigenvalue weighted by Gasteiger charge is -2.30. The predicted molar refractivity (Wildman–Crippen MR) is 94.1 cm³/mol. The van der Waals surface area contributed by atoms with Crippen molar-refractivity contribution >= 4 is 11.6 Å². The Morgan fingerprint density at radius 2 is 2.12 bits per heavy atom. The first kappa shape index (κ1) is 16.7. The Bertz CT molecular complexity index is 828. The molecule has 0 unspecified atom stereocenters. The molecule has 0 bridgehead atoms. The second-order valence-corrected chi connectivity index (χ2v) is 7.05. The summed E-state index contributed by atoms with van der Waals surface area (Å²) in [6.07, 6.45) is 3.92. The van der Waals surface area contributed by atoms with E-state index in [1.807, 2.05) is 0 Å². The van der Waals surface area contributed by atoms with Crippen molar-refractivity contribution < 1.29 is 9.32 Å². The standard InChI is InChI=1S/C19H21N5O2/c20-11-13-2-1-3-16(10-13)21-19(25)15-6-8-24(9-7-15)12-17-22-18(23-26-17)14-4-5-14/h1-3,10,14-15H,4-9,12H2,(H,21,25). The smallest absolute Gasteiger partial charge is 0.240 e. The minimum Gasteiger partial charge on any atom is -0.338 e. The fraction of sp³-hybridized carbons (Fsp3) is 0.474. The molecule has 0 radical (unpaired) electrons. The monoisotopic (exact) mass is 351 g/mol. The number of hydrogen-bond donors (Lipinski definition) is 1. The van der Waals surface area contributed by atoms with Crippen molar-refractivity contribution in [3.8, 4) is 6.07 Å². The molecule has 7 heteroatoms. The predicted octanol–water partition coefficient (Wildman–Crippen LogP) is 2.67. The Morgan fingerprint density at radius 3 is 2.85 bits per heavy atom. The van der Waals surface area contributed by atoms with Crippen LogP contribution in [0.4, 0.5) is 5.69 Å². The molecule has 1 amide bonds. The largest absolute Gasteiger partial charge is 0.338 e. The Kier molecular flexibility index (Phi) is 4.67. The number of anilines is 1. The highest BCUT2D eigenvalue weighted by Gasteiger charge is 2.30. The molecule has 1 N–H and O–H groups in total. The number of carbonyl (C=O) groups is 1. The average Bonchev–Trinajstić information content (AvgIpc) is 3.42. The molecule has 1 aliphatic carbocycles. The van der Waals surface area contributed by atoms with Gasteiger partial charge in [0.25, 0.3) is 0 Å². The number of piperidine rings is 1. The number of aromatic nitrogens is 2. The topological polar surface area (TPSA) is 95.1 Å². The molecule has 1 aromatic heterocycles. The lowest BCUT2D eigenvalue weighted by Crippen LogP contribution is -2.37. The van der Waals surface area contributed by atoms with E-state index >= 15 is 0 Å². The van der Waals surface area contributed by atoms with Gasteiger partial charge >= 0.3 is 0 Å². The highest BCUT2D eigenvalue weighted by Crippen LogP contribution is 2.38. The summed E-state index contributed by atoms with van der Waals surface area (Å²) in [5.74, 6) is 2.02. The third-order valence-electron chi connectivity index (χ3n) is 5.00. The van der Waals surface area contributed by atoms with E-state index in [1.165, 1.54) is 0 Å². The van der Waals surface area contributed by atoms with Gasteiger partial charge in [-0.05, 0) is 57.0 Å². The highest BCUT2D eigenvalue weighted by atomic mass is 16.5. The molecule has 1 aromatic carbocycles. The van der Waals surface area contributed by atoms with Gasteiger partial charge in [-0.15, -0.1) is 0 Å². The van der Waals surface area contributed by atoms with Crippen molar-refractivity contribution in [2.24, 2.45) is 5.92 Å². The summed E-state index contributed by atoms with van der Waals surface area (Å²) in [5.41, 5.74) is 1.22. The average molecular weight is 351 g/mol. The molecule has 7 nitrogen and oxygen atoms in total. The normalized spacial score (nSPS) is 18.4. The van der Waals surface area contributed by atoms with Crippen LogP contribution in [-0.2, 0) is 11.3 Å². The first-order chi connectivity index (χ1) is 12.7. The van der Waals surface area contributed by atoms with Gasteiger partial charge in [0, 0.05) is 17.5 Å². The molecular weight excluding hydrogens is 330 g/mol. The summed E-state index contributed by atoms with van der Waals surface area (Å²) in [6.45, 7) is 2.31. The van der Waals surface area contributed by atoms with Gasteiger partial charge in [-0.25, -0.2) is 0 Å². The maximum absolute atomic E-state index is 12.5. The van der Waals surface area contributed by atoms with E-state index in [2.05, 4.69) is 26.4 Å². The fourth-order valence-electron chi connectivity index (χ4n) is 3.29. The minimum atomic E-state index is -0.0123. The summed E-state index contributed by atoms with van der Waals surface area (Å²) in [5, 5.41) is 15.9. The summed E-state index contributed by atoms with van der Waals surface area (Å²) in [4.78, 5) is 19.2. The van der Waals surface area contributed by atoms with Crippen molar-refractivity contribution in [1.29, 1.82) is 5.26 Å². The molecule has 4 rings (SSSR count). The maximum Gasteiger partial charge on any atom is 0.240 e. The van der Waals surface area contributed by atoms with Crippen LogP contribution in [0.5, 0.6) is 0 Å². The van der Waals surface area contributed by atoms with Gasteiger partial charge in [0.2, 0.25) is 11.8 Å². The third-order valence-corrected chi connectivity index (χ3v) is 5.00. The number of rotatable bonds is 5. The van der Waals surface area contributed by atoms with Gasteiger partial charge in [0.1, 0.15) is 0 Å². The van der Waals surface area contributed by atoms with Crippen LogP contribution < -0.4 is 5.32 Å². The lowest BCUT2D eigenvalue weighted by molar-refractivity contribution is -0.121. The van der Waals surface area contributed by atoms with E-state index in [1.54, 1.807) is 24.3 Å². The zero-order chi connectivity index (χ0) is 17.9. The first-order valence-electron chi connectivity index (χ1n) is 9.07. The molecule has 2 aliphatic rings. The van der Waals surface area contributed by atoms with E-state index in [-0.39, 0.29) is 11.8 Å². The van der Waals surface area contributed by atoms with Gasteiger partial charge < -0.3 is 9.84 Å². The van der Waals surface area contributed by atoms with Crippen LogP contribution in [0.15, 0.2) is 28.8 Å². The number of nitriles is 1. The Morgan fingerprint density at radius 1 is 1.31 bits per heavy atom. The number of benzene rings is 1. The number of hydrogen-bond acceptors (Lipinski definition) is 6. The molecule has 134 valence electrons. The summed E-state index contributed by atoms with van der Waals surface area (Å²) >= 11 is 0. The number of nitrogens with zero attached hydrogens (tertiary/aromatic N) is 4. The van der Waals surface area contributed by atoms with E-state index in [0.29, 0.717) is 29.6 Å². The van der Waals surface area contributed by atoms with Crippen LogP contribution in [0.3, 0.4) is 0 Å². The van der Waals surface area contributed by atoms with Crippen molar-refractivity contribution in [1.82, 2.24) is 15.0 Å². The molecule has 0 atom stereocenters. The summed E-state index contributed by atoms with van der Waals surface area (Å²) in [7, 11) is 0.